The van der Waals surface area contributed by atoms with E-state index in [2.05, 4.69) is 17.2 Å². The number of rotatable bonds is 5. The summed E-state index contributed by atoms with van der Waals surface area (Å²) in [5, 5.41) is 3.55. The van der Waals surface area contributed by atoms with Crippen molar-refractivity contribution in [3.05, 3.63) is 24.0 Å². The topological polar surface area (TPSA) is 68.0 Å². The Bertz CT molecular complexity index is 427. The van der Waals surface area contributed by atoms with Crippen LogP contribution in [0.5, 0.6) is 0 Å². The first-order valence-corrected chi connectivity index (χ1v) is 7.23. The van der Waals surface area contributed by atoms with Crippen molar-refractivity contribution in [3.63, 3.8) is 0 Å². The average molecular weight is 261 g/mol. The van der Waals surface area contributed by atoms with Crippen LogP contribution < -0.4 is 11.1 Å². The summed E-state index contributed by atoms with van der Waals surface area (Å²) in [5.41, 5.74) is 6.53. The number of anilines is 1. The molecule has 1 fully saturated rings. The van der Waals surface area contributed by atoms with Gasteiger partial charge >= 0.3 is 0 Å². The number of carbonyl (C=O) groups excluding carboxylic acids is 1. The normalized spacial score (nSPS) is 17.9. The van der Waals surface area contributed by atoms with Crippen LogP contribution in [-0.4, -0.2) is 16.9 Å². The number of hydrogen-bond acceptors (Lipinski definition) is 3. The molecule has 1 atom stereocenters. The number of pyridine rings is 1. The molecule has 4 nitrogen and oxygen atoms in total. The number of nitrogens with two attached hydrogens (primary N) is 1. The number of hydrogen-bond donors (Lipinski definition) is 2. The highest BCUT2D eigenvalue weighted by molar-refractivity contribution is 5.91. The van der Waals surface area contributed by atoms with Gasteiger partial charge in [0.15, 0.2) is 0 Å². The molecule has 1 aliphatic rings. The zero-order valence-electron chi connectivity index (χ0n) is 11.6. The highest BCUT2D eigenvalue weighted by atomic mass is 16.1. The van der Waals surface area contributed by atoms with Crippen LogP contribution >= 0.6 is 0 Å². The Morgan fingerprint density at radius 3 is 2.84 bits per heavy atom. The van der Waals surface area contributed by atoms with Gasteiger partial charge in [0.2, 0.25) is 0 Å². The monoisotopic (exact) mass is 261 g/mol. The lowest BCUT2D eigenvalue weighted by molar-refractivity contribution is 0.0995. The van der Waals surface area contributed by atoms with Crippen LogP contribution in [0, 0.1) is 5.92 Å². The molecule has 0 aromatic carbocycles. The van der Waals surface area contributed by atoms with Gasteiger partial charge in [-0.05, 0) is 37.3 Å². The predicted octanol–water partition coefficient (Wildman–Crippen LogP) is 2.95. The second kappa shape index (κ2) is 6.55. The maximum absolute atomic E-state index is 11.1. The minimum Gasteiger partial charge on any atom is -0.382 e. The fourth-order valence-electron chi connectivity index (χ4n) is 2.96. The number of amides is 1. The molecular formula is C15H23N3O. The molecule has 1 heterocycles. The summed E-state index contributed by atoms with van der Waals surface area (Å²) in [5.74, 6) is 0.262. The molecule has 1 aliphatic carbocycles. The summed E-state index contributed by atoms with van der Waals surface area (Å²) >= 11 is 0. The lowest BCUT2D eigenvalue weighted by Gasteiger charge is -2.31. The SMILES string of the molecule is CCC(Nc1ccnc(C(N)=O)c1)C1CCCCC1. The van der Waals surface area contributed by atoms with E-state index in [4.69, 9.17) is 5.73 Å². The van der Waals surface area contributed by atoms with Crippen LogP contribution in [0.15, 0.2) is 18.3 Å². The van der Waals surface area contributed by atoms with Crippen molar-refractivity contribution in [2.24, 2.45) is 11.7 Å². The highest BCUT2D eigenvalue weighted by Crippen LogP contribution is 2.29. The maximum atomic E-state index is 11.1. The van der Waals surface area contributed by atoms with Gasteiger partial charge in [-0.25, -0.2) is 0 Å². The van der Waals surface area contributed by atoms with E-state index in [0.29, 0.717) is 11.7 Å². The minimum absolute atomic E-state index is 0.323. The zero-order chi connectivity index (χ0) is 13.7. The van der Waals surface area contributed by atoms with Crippen LogP contribution in [0.4, 0.5) is 5.69 Å². The first-order valence-electron chi connectivity index (χ1n) is 7.23. The van der Waals surface area contributed by atoms with Gasteiger partial charge < -0.3 is 11.1 Å². The summed E-state index contributed by atoms with van der Waals surface area (Å²) in [4.78, 5) is 15.1. The van der Waals surface area contributed by atoms with E-state index in [1.165, 1.54) is 32.1 Å². The molecule has 1 amide bonds. The van der Waals surface area contributed by atoms with Crippen molar-refractivity contribution in [1.82, 2.24) is 4.98 Å². The molecule has 0 spiro atoms. The third-order valence-corrected chi connectivity index (χ3v) is 4.02. The second-order valence-corrected chi connectivity index (χ2v) is 5.35. The quantitative estimate of drug-likeness (QED) is 0.856. The van der Waals surface area contributed by atoms with Gasteiger partial charge in [-0.2, -0.15) is 0 Å². The fourth-order valence-corrected chi connectivity index (χ4v) is 2.96. The van der Waals surface area contributed by atoms with Gasteiger partial charge in [0.25, 0.3) is 5.91 Å². The molecule has 0 bridgehead atoms. The fraction of sp³-hybridized carbons (Fsp3) is 0.600. The number of primary amides is 1. The van der Waals surface area contributed by atoms with Crippen LogP contribution in [0.2, 0.25) is 0 Å². The van der Waals surface area contributed by atoms with Crippen molar-refractivity contribution in [3.8, 4) is 0 Å². The highest BCUT2D eigenvalue weighted by Gasteiger charge is 2.22. The van der Waals surface area contributed by atoms with Gasteiger partial charge in [-0.15, -0.1) is 0 Å². The van der Waals surface area contributed by atoms with Crippen LogP contribution in [0.25, 0.3) is 0 Å². The molecule has 1 aromatic rings. The van der Waals surface area contributed by atoms with Crippen molar-refractivity contribution in [1.29, 1.82) is 0 Å². The largest absolute Gasteiger partial charge is 0.382 e. The summed E-state index contributed by atoms with van der Waals surface area (Å²) in [6, 6.07) is 4.12. The van der Waals surface area contributed by atoms with Crippen molar-refractivity contribution < 1.29 is 4.79 Å². The number of aromatic nitrogens is 1. The lowest BCUT2D eigenvalue weighted by atomic mass is 9.83. The van der Waals surface area contributed by atoms with Gasteiger partial charge in [0.05, 0.1) is 0 Å². The van der Waals surface area contributed by atoms with Crippen LogP contribution in [0.1, 0.15) is 55.9 Å². The number of carbonyl (C=O) groups is 1. The van der Waals surface area contributed by atoms with E-state index in [9.17, 15) is 4.79 Å². The molecule has 0 saturated heterocycles. The molecule has 4 heteroatoms. The molecule has 3 N–H and O–H groups in total. The van der Waals surface area contributed by atoms with Crippen molar-refractivity contribution in [2.45, 2.75) is 51.5 Å². The standard InChI is InChI=1S/C15H23N3O/c1-2-13(11-6-4-3-5-7-11)18-12-8-9-17-14(10-12)15(16)19/h8-11,13H,2-7H2,1H3,(H2,16,19)(H,17,18). The lowest BCUT2D eigenvalue weighted by Crippen LogP contribution is -2.30. The van der Waals surface area contributed by atoms with E-state index in [1.807, 2.05) is 6.07 Å². The minimum atomic E-state index is -0.477. The molecule has 1 aromatic heterocycles. The summed E-state index contributed by atoms with van der Waals surface area (Å²) in [7, 11) is 0. The Hall–Kier alpha value is -1.58. The first-order chi connectivity index (χ1) is 9.20. The predicted molar refractivity (Wildman–Crippen MR) is 77.0 cm³/mol. The third kappa shape index (κ3) is 3.69. The van der Waals surface area contributed by atoms with E-state index in [1.54, 1.807) is 12.3 Å². The Balaban J connectivity index is 2.04. The van der Waals surface area contributed by atoms with Gasteiger partial charge in [-0.1, -0.05) is 26.2 Å². The van der Waals surface area contributed by atoms with Crippen molar-refractivity contribution in [2.75, 3.05) is 5.32 Å². The molecule has 0 radical (unpaired) electrons. The van der Waals surface area contributed by atoms with Gasteiger partial charge in [0.1, 0.15) is 5.69 Å². The Morgan fingerprint density at radius 2 is 2.21 bits per heavy atom. The van der Waals surface area contributed by atoms with E-state index in [-0.39, 0.29) is 0 Å². The molecule has 19 heavy (non-hydrogen) atoms. The van der Waals surface area contributed by atoms with Gasteiger partial charge in [0, 0.05) is 17.9 Å². The molecule has 0 aliphatic heterocycles. The average Bonchev–Trinajstić information content (AvgIpc) is 2.46. The molecule has 2 rings (SSSR count). The van der Waals surface area contributed by atoms with E-state index in [0.717, 1.165) is 18.0 Å². The Morgan fingerprint density at radius 1 is 1.47 bits per heavy atom. The van der Waals surface area contributed by atoms with E-state index >= 15 is 0 Å². The molecule has 1 saturated carbocycles. The summed E-state index contributed by atoms with van der Waals surface area (Å²) in [6.45, 7) is 2.21. The Labute approximate surface area is 114 Å². The van der Waals surface area contributed by atoms with Crippen molar-refractivity contribution >= 4 is 11.6 Å². The molecule has 104 valence electrons. The maximum Gasteiger partial charge on any atom is 0.267 e. The van der Waals surface area contributed by atoms with Crippen LogP contribution in [-0.2, 0) is 0 Å². The summed E-state index contributed by atoms with van der Waals surface area (Å²) < 4.78 is 0. The first kappa shape index (κ1) is 13.8. The summed E-state index contributed by atoms with van der Waals surface area (Å²) in [6.07, 6.45) is 9.39. The number of nitrogens with zero attached hydrogens (tertiary/aromatic N) is 1. The van der Waals surface area contributed by atoms with Gasteiger partial charge in [-0.3, -0.25) is 9.78 Å². The smallest absolute Gasteiger partial charge is 0.267 e. The Kier molecular flexibility index (Phi) is 4.77. The van der Waals surface area contributed by atoms with E-state index < -0.39 is 5.91 Å². The third-order valence-electron chi connectivity index (χ3n) is 4.02. The van der Waals surface area contributed by atoms with Crippen LogP contribution in [0.3, 0.4) is 0 Å². The second-order valence-electron chi connectivity index (χ2n) is 5.35. The zero-order valence-corrected chi connectivity index (χ0v) is 11.6. The number of nitrogens with one attached hydrogen (secondary N) is 1. The molecule has 1 unspecified atom stereocenters. The molecular weight excluding hydrogens is 238 g/mol.